The molecule has 210 valence electrons. The molecule has 3 heterocycles. The van der Waals surface area contributed by atoms with Crippen molar-refractivity contribution in [3.05, 3.63) is 82.7 Å². The lowest BCUT2D eigenvalue weighted by Gasteiger charge is -2.35. The number of unbranched alkanes of at least 4 members (excludes halogenated alkanes) is 1. The van der Waals surface area contributed by atoms with E-state index in [0.29, 0.717) is 37.2 Å². The molecule has 1 atom stereocenters. The van der Waals surface area contributed by atoms with Gasteiger partial charge in [0.2, 0.25) is 0 Å². The molecule has 2 aromatic heterocycles. The number of hydrogen-bond acceptors (Lipinski definition) is 7. The van der Waals surface area contributed by atoms with Crippen LogP contribution in [0.5, 0.6) is 0 Å². The number of nitrogens with one attached hydrogen (secondary N) is 1. The topological polar surface area (TPSA) is 90.4 Å². The van der Waals surface area contributed by atoms with Crippen molar-refractivity contribution in [1.29, 1.82) is 0 Å². The van der Waals surface area contributed by atoms with Crippen molar-refractivity contribution in [2.75, 3.05) is 13.2 Å². The van der Waals surface area contributed by atoms with Crippen molar-refractivity contribution in [3.8, 4) is 0 Å². The van der Waals surface area contributed by atoms with Crippen LogP contribution in [0.2, 0.25) is 0 Å². The van der Waals surface area contributed by atoms with Crippen LogP contribution in [0.3, 0.4) is 0 Å². The minimum Gasteiger partial charge on any atom is -0.462 e. The van der Waals surface area contributed by atoms with Gasteiger partial charge in [-0.1, -0.05) is 45.2 Å². The van der Waals surface area contributed by atoms with Crippen LogP contribution in [0.1, 0.15) is 77.3 Å². The Bertz CT molecular complexity index is 1050. The number of aromatic nitrogens is 2. The van der Waals surface area contributed by atoms with E-state index in [2.05, 4.69) is 29.1 Å². The quantitative estimate of drug-likeness (QED) is 0.218. The summed E-state index contributed by atoms with van der Waals surface area (Å²) in [5, 5.41) is 3.28. The highest BCUT2D eigenvalue weighted by molar-refractivity contribution is 5.98. The highest BCUT2D eigenvalue weighted by Gasteiger charge is 2.40. The maximum absolute atomic E-state index is 13.5. The molecule has 0 saturated carbocycles. The van der Waals surface area contributed by atoms with Gasteiger partial charge >= 0.3 is 11.9 Å². The van der Waals surface area contributed by atoms with Crippen LogP contribution < -0.4 is 5.32 Å². The molecule has 0 saturated heterocycles. The number of carbonyl (C=O) groups excluding carboxylic acids is 2. The van der Waals surface area contributed by atoms with Crippen LogP contribution in [0.4, 0.5) is 0 Å². The molecule has 1 aliphatic rings. The lowest BCUT2D eigenvalue weighted by molar-refractivity contribution is -0.141. The van der Waals surface area contributed by atoms with Crippen LogP contribution in [0.15, 0.2) is 71.6 Å². The molecule has 3 rings (SSSR count). The van der Waals surface area contributed by atoms with E-state index in [9.17, 15) is 9.59 Å². The standard InChI is InChI=1S/C32H43N3O4/c1-5-7-16-27(6-2)30-28(31(36)38-19-10-14-25-12-8-17-33-21-25)23(3)35-24(4)29(30)32(37)39-20-11-15-26-13-9-18-34-22-26/h8-9,12-13,17-18,21-22,27,30,35H,5-7,10-11,14-16,19-20H2,1-4H3. The fourth-order valence-electron chi connectivity index (χ4n) is 5.26. The second-order valence-corrected chi connectivity index (χ2v) is 10.2. The Labute approximate surface area is 233 Å². The molecule has 0 fully saturated rings. The van der Waals surface area contributed by atoms with Crippen LogP contribution in [0, 0.1) is 11.8 Å². The number of esters is 2. The second-order valence-electron chi connectivity index (χ2n) is 10.2. The summed E-state index contributed by atoms with van der Waals surface area (Å²) in [5.74, 6) is -0.951. The van der Waals surface area contributed by atoms with Gasteiger partial charge in [-0.2, -0.15) is 0 Å². The molecular formula is C32H43N3O4. The van der Waals surface area contributed by atoms with Crippen LogP contribution in [0.25, 0.3) is 0 Å². The second kappa shape index (κ2) is 15.8. The number of rotatable bonds is 15. The molecule has 39 heavy (non-hydrogen) atoms. The SMILES string of the molecule is CCCCC(CC)C1C(C(=O)OCCCc2cccnc2)=C(C)NC(C)=C1C(=O)OCCCc1cccnc1. The molecule has 7 nitrogen and oxygen atoms in total. The number of pyridine rings is 2. The summed E-state index contributed by atoms with van der Waals surface area (Å²) in [6.45, 7) is 8.68. The molecule has 1 N–H and O–H groups in total. The fourth-order valence-corrected chi connectivity index (χ4v) is 5.26. The summed E-state index contributed by atoms with van der Waals surface area (Å²) in [7, 11) is 0. The van der Waals surface area contributed by atoms with E-state index in [1.54, 1.807) is 12.4 Å². The Morgan fingerprint density at radius 2 is 1.36 bits per heavy atom. The average molecular weight is 534 g/mol. The van der Waals surface area contributed by atoms with E-state index >= 15 is 0 Å². The average Bonchev–Trinajstić information content (AvgIpc) is 2.94. The summed E-state index contributed by atoms with van der Waals surface area (Å²) in [6, 6.07) is 7.85. The summed E-state index contributed by atoms with van der Waals surface area (Å²) < 4.78 is 11.6. The highest BCUT2D eigenvalue weighted by atomic mass is 16.5. The number of hydrogen-bond donors (Lipinski definition) is 1. The van der Waals surface area contributed by atoms with E-state index in [4.69, 9.17) is 9.47 Å². The van der Waals surface area contributed by atoms with E-state index < -0.39 is 0 Å². The first-order valence-electron chi connectivity index (χ1n) is 14.3. The van der Waals surface area contributed by atoms with E-state index in [-0.39, 0.29) is 23.8 Å². The Balaban J connectivity index is 1.72. The summed E-state index contributed by atoms with van der Waals surface area (Å²) in [5.41, 5.74) is 4.81. The molecule has 1 unspecified atom stereocenters. The minimum absolute atomic E-state index is 0.132. The lowest BCUT2D eigenvalue weighted by Crippen LogP contribution is -2.37. The monoisotopic (exact) mass is 533 g/mol. The zero-order valence-corrected chi connectivity index (χ0v) is 23.9. The van der Waals surface area contributed by atoms with Gasteiger partial charge in [0.15, 0.2) is 0 Å². The van der Waals surface area contributed by atoms with Crippen molar-refractivity contribution in [2.24, 2.45) is 11.8 Å². The fraction of sp³-hybridized carbons (Fsp3) is 0.500. The molecular weight excluding hydrogens is 490 g/mol. The molecule has 1 aliphatic heterocycles. The highest BCUT2D eigenvalue weighted by Crippen LogP contribution is 2.40. The number of nitrogens with zero attached hydrogens (tertiary/aromatic N) is 2. The minimum atomic E-state index is -0.362. The number of allylic oxidation sites excluding steroid dienone is 2. The first-order chi connectivity index (χ1) is 19.0. The Morgan fingerprint density at radius 3 is 1.77 bits per heavy atom. The van der Waals surface area contributed by atoms with Crippen molar-refractivity contribution in [2.45, 2.75) is 79.1 Å². The van der Waals surface area contributed by atoms with Gasteiger partial charge in [0.25, 0.3) is 0 Å². The van der Waals surface area contributed by atoms with Crippen molar-refractivity contribution < 1.29 is 19.1 Å². The first kappa shape index (κ1) is 30.1. The molecule has 0 radical (unpaired) electrons. The Morgan fingerprint density at radius 1 is 0.846 bits per heavy atom. The van der Waals surface area contributed by atoms with Crippen LogP contribution in [-0.4, -0.2) is 35.1 Å². The van der Waals surface area contributed by atoms with Gasteiger partial charge in [-0.25, -0.2) is 9.59 Å². The number of dihydropyridines is 1. The third kappa shape index (κ3) is 8.77. The van der Waals surface area contributed by atoms with Gasteiger partial charge < -0.3 is 14.8 Å². The van der Waals surface area contributed by atoms with Gasteiger partial charge in [0, 0.05) is 42.1 Å². The van der Waals surface area contributed by atoms with Gasteiger partial charge in [-0.05, 0) is 75.1 Å². The first-order valence-corrected chi connectivity index (χ1v) is 14.3. The molecule has 2 aromatic rings. The van der Waals surface area contributed by atoms with Crippen molar-refractivity contribution in [3.63, 3.8) is 0 Å². The number of aryl methyl sites for hydroxylation is 2. The number of carbonyl (C=O) groups is 2. The zero-order chi connectivity index (χ0) is 28.0. The largest absolute Gasteiger partial charge is 0.462 e. The Kier molecular flexibility index (Phi) is 12.2. The normalized spacial score (nSPS) is 14.7. The van der Waals surface area contributed by atoms with Crippen molar-refractivity contribution in [1.82, 2.24) is 15.3 Å². The van der Waals surface area contributed by atoms with Gasteiger partial charge in [-0.15, -0.1) is 0 Å². The lowest BCUT2D eigenvalue weighted by atomic mass is 9.73. The predicted molar refractivity (Wildman–Crippen MR) is 152 cm³/mol. The van der Waals surface area contributed by atoms with Gasteiger partial charge in [0.1, 0.15) is 0 Å². The van der Waals surface area contributed by atoms with Crippen LogP contribution >= 0.6 is 0 Å². The van der Waals surface area contributed by atoms with Gasteiger partial charge in [0.05, 0.1) is 24.4 Å². The van der Waals surface area contributed by atoms with Crippen molar-refractivity contribution >= 4 is 11.9 Å². The van der Waals surface area contributed by atoms with Gasteiger partial charge in [-0.3, -0.25) is 9.97 Å². The Hall–Kier alpha value is -3.48. The maximum atomic E-state index is 13.5. The molecule has 0 aromatic carbocycles. The third-order valence-electron chi connectivity index (χ3n) is 7.30. The summed E-state index contributed by atoms with van der Waals surface area (Å²) in [4.78, 5) is 35.3. The molecule has 0 spiro atoms. The molecule has 0 bridgehead atoms. The predicted octanol–water partition coefficient (Wildman–Crippen LogP) is 6.11. The van der Waals surface area contributed by atoms with Crippen LogP contribution in [-0.2, 0) is 31.9 Å². The number of ether oxygens (including phenoxy) is 2. The third-order valence-corrected chi connectivity index (χ3v) is 7.30. The van der Waals surface area contributed by atoms with E-state index in [1.165, 1.54) is 0 Å². The molecule has 0 aliphatic carbocycles. The zero-order valence-electron chi connectivity index (χ0n) is 23.9. The summed E-state index contributed by atoms with van der Waals surface area (Å²) in [6.07, 6.45) is 14.0. The smallest absolute Gasteiger partial charge is 0.336 e. The molecule has 0 amide bonds. The maximum Gasteiger partial charge on any atom is 0.336 e. The summed E-state index contributed by atoms with van der Waals surface area (Å²) >= 11 is 0. The van der Waals surface area contributed by atoms with E-state index in [1.807, 2.05) is 50.5 Å². The van der Waals surface area contributed by atoms with E-state index in [0.717, 1.165) is 61.0 Å². The molecule has 7 heteroatoms.